The highest BCUT2D eigenvalue weighted by atomic mass is 35.5. The lowest BCUT2D eigenvalue weighted by atomic mass is 10.1. The number of ether oxygens (including phenoxy) is 1. The SMILES string of the molecule is COC(=O)CCn1nc(-c2ccc(Cl)cc2)c(-c2ccc(Cl)cc2Cl)n1. The van der Waals surface area contributed by atoms with Gasteiger partial charge in [-0.2, -0.15) is 15.0 Å². The first-order chi connectivity index (χ1) is 12.5. The van der Waals surface area contributed by atoms with Gasteiger partial charge in [-0.1, -0.05) is 46.9 Å². The van der Waals surface area contributed by atoms with E-state index in [-0.39, 0.29) is 12.4 Å². The molecule has 0 spiro atoms. The van der Waals surface area contributed by atoms with Crippen molar-refractivity contribution >= 4 is 40.8 Å². The average Bonchev–Trinajstić information content (AvgIpc) is 3.04. The van der Waals surface area contributed by atoms with Crippen molar-refractivity contribution in [3.8, 4) is 22.5 Å². The number of hydrogen-bond donors (Lipinski definition) is 0. The van der Waals surface area contributed by atoms with Crippen LogP contribution in [0, 0.1) is 0 Å². The van der Waals surface area contributed by atoms with E-state index >= 15 is 0 Å². The maximum Gasteiger partial charge on any atom is 0.307 e. The molecule has 2 aromatic carbocycles. The zero-order chi connectivity index (χ0) is 18.7. The molecule has 3 aromatic rings. The molecule has 0 unspecified atom stereocenters. The van der Waals surface area contributed by atoms with Gasteiger partial charge in [0, 0.05) is 21.2 Å². The van der Waals surface area contributed by atoms with Crippen LogP contribution in [0.25, 0.3) is 22.5 Å². The molecule has 1 aromatic heterocycles. The second-order valence-electron chi connectivity index (χ2n) is 5.45. The quantitative estimate of drug-likeness (QED) is 0.547. The van der Waals surface area contributed by atoms with Crippen molar-refractivity contribution in [2.45, 2.75) is 13.0 Å². The first-order valence-corrected chi connectivity index (χ1v) is 8.84. The maximum atomic E-state index is 11.4. The lowest BCUT2D eigenvalue weighted by molar-refractivity contribution is -0.140. The predicted octanol–water partition coefficient (Wildman–Crippen LogP) is 5.14. The Hall–Kier alpha value is -2.08. The van der Waals surface area contributed by atoms with Gasteiger partial charge in [0.25, 0.3) is 0 Å². The Morgan fingerprint density at radius 3 is 2.31 bits per heavy atom. The van der Waals surface area contributed by atoms with Crippen LogP contribution in [0.1, 0.15) is 6.42 Å². The Kier molecular flexibility index (Phi) is 5.81. The zero-order valence-electron chi connectivity index (χ0n) is 13.7. The normalized spacial score (nSPS) is 10.8. The van der Waals surface area contributed by atoms with Gasteiger partial charge in [-0.05, 0) is 30.3 Å². The lowest BCUT2D eigenvalue weighted by Crippen LogP contribution is -2.09. The molecular formula is C18H14Cl3N3O2. The summed E-state index contributed by atoms with van der Waals surface area (Å²) >= 11 is 18.3. The smallest absolute Gasteiger partial charge is 0.307 e. The number of nitrogens with zero attached hydrogens (tertiary/aromatic N) is 3. The standard InChI is InChI=1S/C18H14Cl3N3O2/c1-26-16(25)8-9-24-22-17(11-2-4-12(19)5-3-11)18(23-24)14-7-6-13(20)10-15(14)21/h2-7,10H,8-9H2,1H3. The molecule has 0 saturated heterocycles. The van der Waals surface area contributed by atoms with Gasteiger partial charge in [0.15, 0.2) is 0 Å². The largest absolute Gasteiger partial charge is 0.469 e. The molecule has 0 radical (unpaired) electrons. The van der Waals surface area contributed by atoms with Crippen molar-refractivity contribution in [1.82, 2.24) is 15.0 Å². The minimum absolute atomic E-state index is 0.166. The maximum absolute atomic E-state index is 11.4. The summed E-state index contributed by atoms with van der Waals surface area (Å²) in [6, 6.07) is 12.4. The van der Waals surface area contributed by atoms with E-state index in [1.807, 2.05) is 12.1 Å². The van der Waals surface area contributed by atoms with Gasteiger partial charge in [0.2, 0.25) is 0 Å². The Labute approximate surface area is 165 Å². The van der Waals surface area contributed by atoms with Crippen LogP contribution in [0.5, 0.6) is 0 Å². The average molecular weight is 411 g/mol. The molecule has 0 bridgehead atoms. The molecule has 3 rings (SSSR count). The number of rotatable bonds is 5. The van der Waals surface area contributed by atoms with Gasteiger partial charge in [0.05, 0.1) is 25.1 Å². The van der Waals surface area contributed by atoms with E-state index in [9.17, 15) is 4.79 Å². The summed E-state index contributed by atoms with van der Waals surface area (Å²) < 4.78 is 4.67. The van der Waals surface area contributed by atoms with E-state index in [2.05, 4.69) is 14.9 Å². The van der Waals surface area contributed by atoms with E-state index in [1.54, 1.807) is 30.3 Å². The minimum Gasteiger partial charge on any atom is -0.469 e. The zero-order valence-corrected chi connectivity index (χ0v) is 16.0. The lowest BCUT2D eigenvalue weighted by Gasteiger charge is -2.04. The highest BCUT2D eigenvalue weighted by Gasteiger charge is 2.18. The van der Waals surface area contributed by atoms with Crippen LogP contribution in [0.4, 0.5) is 0 Å². The van der Waals surface area contributed by atoms with Crippen LogP contribution < -0.4 is 0 Å². The summed E-state index contributed by atoms with van der Waals surface area (Å²) in [4.78, 5) is 12.9. The molecule has 8 heteroatoms. The molecular weight excluding hydrogens is 397 g/mol. The monoisotopic (exact) mass is 409 g/mol. The minimum atomic E-state index is -0.332. The highest BCUT2D eigenvalue weighted by Crippen LogP contribution is 2.35. The van der Waals surface area contributed by atoms with Crippen LogP contribution in [0.3, 0.4) is 0 Å². The van der Waals surface area contributed by atoms with Crippen LogP contribution in [0.2, 0.25) is 15.1 Å². The Morgan fingerprint density at radius 2 is 1.65 bits per heavy atom. The van der Waals surface area contributed by atoms with E-state index in [0.717, 1.165) is 5.56 Å². The van der Waals surface area contributed by atoms with Gasteiger partial charge in [-0.25, -0.2) is 0 Å². The Bertz CT molecular complexity index is 939. The third-order valence-electron chi connectivity index (χ3n) is 3.70. The molecule has 0 amide bonds. The topological polar surface area (TPSA) is 57.0 Å². The van der Waals surface area contributed by atoms with Gasteiger partial charge in [0.1, 0.15) is 11.4 Å². The number of esters is 1. The second-order valence-corrected chi connectivity index (χ2v) is 6.73. The van der Waals surface area contributed by atoms with Crippen molar-refractivity contribution in [3.63, 3.8) is 0 Å². The molecule has 134 valence electrons. The summed E-state index contributed by atoms with van der Waals surface area (Å²) in [5.74, 6) is -0.332. The van der Waals surface area contributed by atoms with E-state index in [0.29, 0.717) is 38.6 Å². The summed E-state index contributed by atoms with van der Waals surface area (Å²) in [5, 5.41) is 10.7. The molecule has 0 aliphatic heterocycles. The number of aromatic nitrogens is 3. The third kappa shape index (κ3) is 4.18. The van der Waals surface area contributed by atoms with E-state index in [1.165, 1.54) is 11.9 Å². The fourth-order valence-corrected chi connectivity index (χ4v) is 3.03. The van der Waals surface area contributed by atoms with Crippen LogP contribution >= 0.6 is 34.8 Å². The number of methoxy groups -OCH3 is 1. The molecule has 0 aliphatic rings. The Morgan fingerprint density at radius 1 is 1.00 bits per heavy atom. The first-order valence-electron chi connectivity index (χ1n) is 7.71. The highest BCUT2D eigenvalue weighted by molar-refractivity contribution is 6.36. The van der Waals surface area contributed by atoms with Crippen molar-refractivity contribution < 1.29 is 9.53 Å². The molecule has 0 N–H and O–H groups in total. The molecule has 0 saturated carbocycles. The summed E-state index contributed by atoms with van der Waals surface area (Å²) in [5.41, 5.74) is 2.76. The van der Waals surface area contributed by atoms with Crippen LogP contribution in [0.15, 0.2) is 42.5 Å². The predicted molar refractivity (Wildman–Crippen MR) is 103 cm³/mol. The van der Waals surface area contributed by atoms with E-state index in [4.69, 9.17) is 34.8 Å². The van der Waals surface area contributed by atoms with E-state index < -0.39 is 0 Å². The number of carbonyl (C=O) groups excluding carboxylic acids is 1. The third-order valence-corrected chi connectivity index (χ3v) is 4.50. The van der Waals surface area contributed by atoms with Gasteiger partial charge >= 0.3 is 5.97 Å². The van der Waals surface area contributed by atoms with Crippen LogP contribution in [-0.2, 0) is 16.1 Å². The number of benzene rings is 2. The molecule has 5 nitrogen and oxygen atoms in total. The van der Waals surface area contributed by atoms with Gasteiger partial charge < -0.3 is 4.74 Å². The summed E-state index contributed by atoms with van der Waals surface area (Å²) in [6.45, 7) is 0.290. The van der Waals surface area contributed by atoms with Crippen LogP contribution in [-0.4, -0.2) is 28.1 Å². The van der Waals surface area contributed by atoms with Crippen molar-refractivity contribution in [2.24, 2.45) is 0 Å². The van der Waals surface area contributed by atoms with Crippen molar-refractivity contribution in [2.75, 3.05) is 7.11 Å². The Balaban J connectivity index is 2.06. The molecule has 1 heterocycles. The molecule has 0 atom stereocenters. The number of aryl methyl sites for hydroxylation is 1. The van der Waals surface area contributed by atoms with Gasteiger partial charge in [-0.15, -0.1) is 0 Å². The van der Waals surface area contributed by atoms with Crippen molar-refractivity contribution in [1.29, 1.82) is 0 Å². The second kappa shape index (κ2) is 8.08. The number of carbonyl (C=O) groups is 1. The molecule has 0 aliphatic carbocycles. The molecule has 0 fully saturated rings. The first kappa shape index (κ1) is 18.7. The van der Waals surface area contributed by atoms with Gasteiger partial charge in [-0.3, -0.25) is 4.79 Å². The summed E-state index contributed by atoms with van der Waals surface area (Å²) in [7, 11) is 1.34. The fourth-order valence-electron chi connectivity index (χ4n) is 2.41. The summed E-state index contributed by atoms with van der Waals surface area (Å²) in [6.07, 6.45) is 0.166. The number of halogens is 3. The van der Waals surface area contributed by atoms with Crippen molar-refractivity contribution in [3.05, 3.63) is 57.5 Å². The molecule has 26 heavy (non-hydrogen) atoms. The fraction of sp³-hybridized carbons (Fsp3) is 0.167. The number of hydrogen-bond acceptors (Lipinski definition) is 4.